The van der Waals surface area contributed by atoms with Gasteiger partial charge in [0.1, 0.15) is 6.04 Å². The minimum absolute atomic E-state index is 0.219. The van der Waals surface area contributed by atoms with Gasteiger partial charge in [-0.1, -0.05) is 78.9 Å². The number of hydrogen-bond donors (Lipinski definition) is 0. The molecule has 3 aromatic rings. The average molecular weight is 342 g/mol. The molecule has 1 atom stereocenters. The van der Waals surface area contributed by atoms with Crippen molar-refractivity contribution >= 4 is 17.6 Å². The van der Waals surface area contributed by atoms with Crippen LogP contribution in [0, 0.1) is 0 Å². The van der Waals surface area contributed by atoms with Gasteiger partial charge in [-0.05, 0) is 23.3 Å². The number of rotatable bonds is 4. The molecule has 0 bridgehead atoms. The van der Waals surface area contributed by atoms with Crippen molar-refractivity contribution in [2.24, 2.45) is 0 Å². The second-order valence-electron chi connectivity index (χ2n) is 6.22. The van der Waals surface area contributed by atoms with Crippen LogP contribution in [-0.4, -0.2) is 16.8 Å². The summed E-state index contributed by atoms with van der Waals surface area (Å²) < 4.78 is 0. The fourth-order valence-electron chi connectivity index (χ4n) is 3.30. The minimum Gasteiger partial charge on any atom is -0.303 e. The fraction of sp³-hybridized carbons (Fsp3) is 0.0909. The average Bonchev–Trinajstić information content (AvgIpc) is 2.94. The highest BCUT2D eigenvalue weighted by Crippen LogP contribution is 2.35. The quantitative estimate of drug-likeness (QED) is 0.660. The van der Waals surface area contributed by atoms with Crippen LogP contribution in [0.4, 0.5) is 10.5 Å². The number of carbonyl (C=O) groups excluding carboxylic acids is 2. The van der Waals surface area contributed by atoms with Gasteiger partial charge in [0.05, 0.1) is 5.69 Å². The van der Waals surface area contributed by atoms with E-state index in [1.54, 1.807) is 17.0 Å². The van der Waals surface area contributed by atoms with Crippen molar-refractivity contribution < 1.29 is 9.59 Å². The van der Waals surface area contributed by atoms with E-state index in [0.717, 1.165) is 11.1 Å². The predicted molar refractivity (Wildman–Crippen MR) is 100 cm³/mol. The highest BCUT2D eigenvalue weighted by molar-refractivity contribution is 6.21. The first-order valence-electron chi connectivity index (χ1n) is 8.54. The van der Waals surface area contributed by atoms with Gasteiger partial charge in [0.2, 0.25) is 0 Å². The molecule has 4 rings (SSSR count). The van der Waals surface area contributed by atoms with Crippen LogP contribution >= 0.6 is 0 Å². The van der Waals surface area contributed by atoms with Crippen molar-refractivity contribution in [2.45, 2.75) is 12.6 Å². The van der Waals surface area contributed by atoms with Crippen LogP contribution in [0.1, 0.15) is 17.2 Å². The molecule has 3 amide bonds. The van der Waals surface area contributed by atoms with Gasteiger partial charge in [-0.25, -0.2) is 9.69 Å². The monoisotopic (exact) mass is 342 g/mol. The molecule has 0 aromatic heterocycles. The van der Waals surface area contributed by atoms with Crippen molar-refractivity contribution in [3.05, 3.63) is 102 Å². The Bertz CT molecular complexity index is 911. The van der Waals surface area contributed by atoms with E-state index in [0.29, 0.717) is 12.2 Å². The summed E-state index contributed by atoms with van der Waals surface area (Å²) in [6, 6.07) is 27.4. The number of urea groups is 1. The standard InChI is InChI=1S/C22H18N2O2/c25-21-20(18-12-6-2-7-13-18)23(16-17-10-4-1-5-11-17)22(26)24(21)19-14-8-3-9-15-19/h1-15,20H,16H2/t20-/m0/s1. The second kappa shape index (κ2) is 6.84. The Morgan fingerprint density at radius 3 is 1.85 bits per heavy atom. The molecule has 0 N–H and O–H groups in total. The lowest BCUT2D eigenvalue weighted by Gasteiger charge is -2.22. The predicted octanol–water partition coefficient (Wildman–Crippen LogP) is 4.40. The third-order valence-corrected chi connectivity index (χ3v) is 4.53. The zero-order valence-corrected chi connectivity index (χ0v) is 14.2. The lowest BCUT2D eigenvalue weighted by molar-refractivity contribution is -0.120. The fourth-order valence-corrected chi connectivity index (χ4v) is 3.30. The normalized spacial score (nSPS) is 17.0. The van der Waals surface area contributed by atoms with Gasteiger partial charge in [-0.15, -0.1) is 0 Å². The van der Waals surface area contributed by atoms with E-state index in [1.165, 1.54) is 4.90 Å². The third-order valence-electron chi connectivity index (χ3n) is 4.53. The molecule has 0 radical (unpaired) electrons. The number of anilines is 1. The van der Waals surface area contributed by atoms with Crippen LogP contribution < -0.4 is 4.90 Å². The van der Waals surface area contributed by atoms with Crippen LogP contribution in [0.2, 0.25) is 0 Å². The maximum Gasteiger partial charge on any atom is 0.332 e. The zero-order chi connectivity index (χ0) is 17.9. The third kappa shape index (κ3) is 2.86. The Kier molecular flexibility index (Phi) is 4.23. The van der Waals surface area contributed by atoms with E-state index < -0.39 is 6.04 Å². The Balaban J connectivity index is 1.76. The molecular formula is C22H18N2O2. The van der Waals surface area contributed by atoms with Crippen molar-refractivity contribution in [2.75, 3.05) is 4.90 Å². The maximum absolute atomic E-state index is 13.2. The summed E-state index contributed by atoms with van der Waals surface area (Å²) in [5, 5.41) is 0. The Hall–Kier alpha value is -3.40. The van der Waals surface area contributed by atoms with Crippen molar-refractivity contribution in [3.63, 3.8) is 0 Å². The summed E-state index contributed by atoms with van der Waals surface area (Å²) in [6.45, 7) is 0.383. The summed E-state index contributed by atoms with van der Waals surface area (Å²) in [7, 11) is 0. The lowest BCUT2D eigenvalue weighted by atomic mass is 10.1. The van der Waals surface area contributed by atoms with Crippen LogP contribution in [0.5, 0.6) is 0 Å². The summed E-state index contributed by atoms with van der Waals surface area (Å²) in [5.41, 5.74) is 2.41. The molecule has 0 unspecified atom stereocenters. The van der Waals surface area contributed by atoms with Crippen molar-refractivity contribution in [1.29, 1.82) is 0 Å². The Morgan fingerprint density at radius 2 is 1.23 bits per heavy atom. The number of benzene rings is 3. The zero-order valence-electron chi connectivity index (χ0n) is 14.2. The number of carbonyl (C=O) groups is 2. The number of nitrogens with zero attached hydrogens (tertiary/aromatic N) is 2. The van der Waals surface area contributed by atoms with Crippen LogP contribution in [-0.2, 0) is 11.3 Å². The second-order valence-corrected chi connectivity index (χ2v) is 6.22. The van der Waals surface area contributed by atoms with E-state index in [1.807, 2.05) is 78.9 Å². The smallest absolute Gasteiger partial charge is 0.303 e. The van der Waals surface area contributed by atoms with Gasteiger partial charge in [0.25, 0.3) is 5.91 Å². The minimum atomic E-state index is -0.621. The van der Waals surface area contributed by atoms with Gasteiger partial charge in [0, 0.05) is 6.54 Å². The molecule has 26 heavy (non-hydrogen) atoms. The summed E-state index contributed by atoms with van der Waals surface area (Å²) in [4.78, 5) is 29.2. The molecule has 0 aliphatic carbocycles. The Morgan fingerprint density at radius 1 is 0.692 bits per heavy atom. The van der Waals surface area contributed by atoms with E-state index >= 15 is 0 Å². The molecule has 0 saturated carbocycles. The Labute approximate surface area is 152 Å². The van der Waals surface area contributed by atoms with Crippen LogP contribution in [0.25, 0.3) is 0 Å². The topological polar surface area (TPSA) is 40.6 Å². The SMILES string of the molecule is O=C1[C@H](c2ccccc2)N(Cc2ccccc2)C(=O)N1c1ccccc1. The molecule has 1 aliphatic rings. The van der Waals surface area contributed by atoms with Gasteiger partial charge in [0.15, 0.2) is 0 Å². The molecule has 4 heteroatoms. The lowest BCUT2D eigenvalue weighted by Crippen LogP contribution is -2.32. The number of para-hydroxylation sites is 1. The van der Waals surface area contributed by atoms with Crippen LogP contribution in [0.3, 0.4) is 0 Å². The molecular weight excluding hydrogens is 324 g/mol. The summed E-state index contributed by atoms with van der Waals surface area (Å²) in [5.74, 6) is -0.219. The van der Waals surface area contributed by atoms with E-state index in [4.69, 9.17) is 0 Å². The first kappa shape index (κ1) is 16.1. The molecule has 4 nitrogen and oxygen atoms in total. The highest BCUT2D eigenvalue weighted by atomic mass is 16.2. The first-order valence-corrected chi connectivity index (χ1v) is 8.54. The molecule has 1 aliphatic heterocycles. The molecule has 1 saturated heterocycles. The van der Waals surface area contributed by atoms with Crippen molar-refractivity contribution in [3.8, 4) is 0 Å². The molecule has 0 spiro atoms. The van der Waals surface area contributed by atoms with Gasteiger partial charge in [-0.2, -0.15) is 0 Å². The maximum atomic E-state index is 13.2. The molecule has 3 aromatic carbocycles. The van der Waals surface area contributed by atoms with Crippen LogP contribution in [0.15, 0.2) is 91.0 Å². The highest BCUT2D eigenvalue weighted by Gasteiger charge is 2.46. The van der Waals surface area contributed by atoms with E-state index in [2.05, 4.69) is 0 Å². The molecule has 1 fully saturated rings. The van der Waals surface area contributed by atoms with Gasteiger partial charge in [-0.3, -0.25) is 4.79 Å². The van der Waals surface area contributed by atoms with Gasteiger partial charge < -0.3 is 4.90 Å². The van der Waals surface area contributed by atoms with Gasteiger partial charge >= 0.3 is 6.03 Å². The van der Waals surface area contributed by atoms with E-state index in [-0.39, 0.29) is 11.9 Å². The summed E-state index contributed by atoms with van der Waals surface area (Å²) >= 11 is 0. The first-order chi connectivity index (χ1) is 12.8. The summed E-state index contributed by atoms with van der Waals surface area (Å²) in [6.07, 6.45) is 0. The van der Waals surface area contributed by atoms with Crippen molar-refractivity contribution in [1.82, 2.24) is 4.90 Å². The largest absolute Gasteiger partial charge is 0.332 e. The number of hydrogen-bond acceptors (Lipinski definition) is 2. The molecule has 128 valence electrons. The number of amides is 3. The molecule has 1 heterocycles. The number of imide groups is 1. The van der Waals surface area contributed by atoms with E-state index in [9.17, 15) is 9.59 Å².